The number of carbonyl (C=O) groups is 4. The number of rotatable bonds is 13. The summed E-state index contributed by atoms with van der Waals surface area (Å²) in [7, 11) is 3.65. The Kier molecular flexibility index (Phi) is 26.8. The van der Waals surface area contributed by atoms with Gasteiger partial charge in [0.1, 0.15) is 11.9 Å². The Morgan fingerprint density at radius 1 is 0.974 bits per heavy atom. The highest BCUT2D eigenvalue weighted by Gasteiger charge is 2.19. The zero-order valence-corrected chi connectivity index (χ0v) is 25.2. The van der Waals surface area contributed by atoms with Crippen LogP contribution in [0.5, 0.6) is 0 Å². The van der Waals surface area contributed by atoms with Crippen molar-refractivity contribution in [3.63, 3.8) is 0 Å². The van der Waals surface area contributed by atoms with Crippen molar-refractivity contribution in [2.24, 2.45) is 5.73 Å². The van der Waals surface area contributed by atoms with E-state index in [-0.39, 0.29) is 18.7 Å². The normalized spacial score (nSPS) is 10.6. The van der Waals surface area contributed by atoms with Crippen molar-refractivity contribution in [1.29, 1.82) is 0 Å². The zero-order chi connectivity index (χ0) is 30.0. The minimum Gasteiger partial charge on any atom is -0.444 e. The predicted octanol–water partition coefficient (Wildman–Crippen LogP) is 4.65. The number of nitrogens with one attached hydrogen (secondary N) is 3. The molecule has 0 fully saturated rings. The maximum absolute atomic E-state index is 11.3. The van der Waals surface area contributed by atoms with Crippen molar-refractivity contribution < 1.29 is 23.9 Å². The molecule has 0 bridgehead atoms. The van der Waals surface area contributed by atoms with Gasteiger partial charge in [0.2, 0.25) is 11.8 Å². The van der Waals surface area contributed by atoms with Gasteiger partial charge in [0.25, 0.3) is 0 Å². The Labute approximate surface area is 231 Å². The number of ether oxygens (including phenoxy) is 1. The fourth-order valence-corrected chi connectivity index (χ4v) is 2.95. The molecule has 5 N–H and O–H groups in total. The number of benzene rings is 1. The van der Waals surface area contributed by atoms with Crippen LogP contribution in [0.4, 0.5) is 4.79 Å². The molecule has 0 radical (unpaired) electrons. The molecule has 9 heteroatoms. The summed E-state index contributed by atoms with van der Waals surface area (Å²) < 4.78 is 4.95. The van der Waals surface area contributed by atoms with Crippen molar-refractivity contribution in [3.05, 3.63) is 35.4 Å². The maximum atomic E-state index is 11.3. The molecule has 38 heavy (non-hydrogen) atoms. The Morgan fingerprint density at radius 2 is 1.58 bits per heavy atom. The molecule has 0 saturated carbocycles. The molecule has 0 aromatic heterocycles. The molecule has 0 saturated heterocycles. The third kappa shape index (κ3) is 26.1. The van der Waals surface area contributed by atoms with E-state index in [9.17, 15) is 19.2 Å². The van der Waals surface area contributed by atoms with E-state index in [0.29, 0.717) is 12.7 Å². The molecule has 1 atom stereocenters. The first-order chi connectivity index (χ1) is 18.0. The van der Waals surface area contributed by atoms with Crippen LogP contribution in [0.15, 0.2) is 24.3 Å². The summed E-state index contributed by atoms with van der Waals surface area (Å²) in [5.41, 5.74) is 7.03. The number of primary amides is 1. The predicted molar refractivity (Wildman–Crippen MR) is 156 cm³/mol. The van der Waals surface area contributed by atoms with Gasteiger partial charge in [-0.2, -0.15) is 0 Å². The van der Waals surface area contributed by atoms with Gasteiger partial charge in [-0.3, -0.25) is 9.59 Å². The van der Waals surface area contributed by atoms with Gasteiger partial charge in [-0.25, -0.2) is 4.79 Å². The highest BCUT2D eigenvalue weighted by Crippen LogP contribution is 2.10. The van der Waals surface area contributed by atoms with Crippen LogP contribution in [0.3, 0.4) is 0 Å². The summed E-state index contributed by atoms with van der Waals surface area (Å²) in [5.74, 6) is -0.371. The molecular weight excluding hydrogens is 484 g/mol. The lowest BCUT2D eigenvalue weighted by molar-refractivity contribution is -0.121. The molecule has 9 nitrogen and oxygen atoms in total. The van der Waals surface area contributed by atoms with Crippen LogP contribution >= 0.6 is 0 Å². The van der Waals surface area contributed by atoms with E-state index in [1.165, 1.54) is 11.1 Å². The molecule has 0 aliphatic heterocycles. The van der Waals surface area contributed by atoms with Crippen LogP contribution in [-0.2, 0) is 32.1 Å². The van der Waals surface area contributed by atoms with E-state index in [0.717, 1.165) is 32.2 Å². The average molecular weight is 539 g/mol. The maximum Gasteiger partial charge on any atom is 0.408 e. The van der Waals surface area contributed by atoms with Crippen molar-refractivity contribution in [3.8, 4) is 0 Å². The number of aldehydes is 1. The van der Waals surface area contributed by atoms with Gasteiger partial charge in [0.15, 0.2) is 0 Å². The molecule has 0 spiro atoms. The van der Waals surface area contributed by atoms with Crippen molar-refractivity contribution >= 4 is 24.2 Å². The Morgan fingerprint density at radius 3 is 2.08 bits per heavy atom. The molecule has 1 unspecified atom stereocenters. The lowest BCUT2D eigenvalue weighted by atomic mass is 10.0. The molecule has 1 aromatic rings. The molecule has 1 aromatic carbocycles. The second kappa shape index (κ2) is 25.7. The lowest BCUT2D eigenvalue weighted by Gasteiger charge is -2.21. The number of hydrogen-bond acceptors (Lipinski definition) is 6. The summed E-state index contributed by atoms with van der Waals surface area (Å²) in [6.07, 6.45) is 5.08. The molecule has 0 aliphatic rings. The number of nitrogens with two attached hydrogens (primary N) is 1. The van der Waals surface area contributed by atoms with Crippen LogP contribution in [0.25, 0.3) is 0 Å². The molecule has 3 amide bonds. The van der Waals surface area contributed by atoms with Crippen LogP contribution in [0.2, 0.25) is 0 Å². The second-order valence-corrected chi connectivity index (χ2v) is 8.98. The standard InChI is InChI=1S/C15H24N2O.C10H18N2O4.2C2H6/c1-16-12-14-9-6-8-13(11-14)7-4-3-5-10-15(18)17-2;1-10(2,3)16-9(15)12-7(6-13)4-5-8(11)14;2*1-2/h6,8-9,11,16H,3-5,7,10,12H2,1-2H3,(H,17,18);6-7H,4-5H2,1-3H3,(H2,11,14)(H,12,15);2*1-2H3. The molecule has 220 valence electrons. The van der Waals surface area contributed by atoms with Crippen LogP contribution < -0.4 is 21.7 Å². The van der Waals surface area contributed by atoms with Gasteiger partial charge in [-0.05, 0) is 64.6 Å². The van der Waals surface area contributed by atoms with E-state index in [1.807, 2.05) is 34.7 Å². The second-order valence-electron chi connectivity index (χ2n) is 8.98. The Bertz CT molecular complexity index is 764. The van der Waals surface area contributed by atoms with Crippen LogP contribution in [0.1, 0.15) is 98.1 Å². The number of alkyl carbamates (subject to hydrolysis) is 1. The largest absolute Gasteiger partial charge is 0.444 e. The SMILES string of the molecule is CC.CC.CC(C)(C)OC(=O)NC(C=O)CCC(N)=O.CNCc1cccc(CCCCCC(=O)NC)c1. The zero-order valence-electron chi connectivity index (χ0n) is 25.2. The fourth-order valence-electron chi connectivity index (χ4n) is 2.95. The molecule has 1 rings (SSSR count). The number of unbranched alkanes of at least 4 members (excludes halogenated alkanes) is 2. The summed E-state index contributed by atoms with van der Waals surface area (Å²) in [6, 6.07) is 7.95. The Hall–Kier alpha value is -2.94. The molecule has 0 heterocycles. The first-order valence-electron chi connectivity index (χ1n) is 13.7. The molecule has 0 aliphatic carbocycles. The van der Waals surface area contributed by atoms with Gasteiger partial charge in [0, 0.05) is 26.4 Å². The van der Waals surface area contributed by atoms with Crippen LogP contribution in [0, 0.1) is 0 Å². The first kappa shape index (κ1) is 39.6. The average Bonchev–Trinajstić information content (AvgIpc) is 2.88. The smallest absolute Gasteiger partial charge is 0.408 e. The summed E-state index contributed by atoms with van der Waals surface area (Å²) in [6.45, 7) is 14.1. The summed E-state index contributed by atoms with van der Waals surface area (Å²) in [5, 5.41) is 8.15. The third-order valence-corrected chi connectivity index (χ3v) is 4.59. The third-order valence-electron chi connectivity index (χ3n) is 4.59. The lowest BCUT2D eigenvalue weighted by Crippen LogP contribution is -2.40. The molecular formula is C29H54N4O5. The van der Waals surface area contributed by atoms with E-state index in [1.54, 1.807) is 27.8 Å². The van der Waals surface area contributed by atoms with Gasteiger partial charge in [0.05, 0.1) is 6.04 Å². The number of hydrogen-bond donors (Lipinski definition) is 4. The van der Waals surface area contributed by atoms with Gasteiger partial charge < -0.3 is 31.2 Å². The van der Waals surface area contributed by atoms with Gasteiger partial charge in [-0.1, -0.05) is 58.4 Å². The monoisotopic (exact) mass is 538 g/mol. The summed E-state index contributed by atoms with van der Waals surface area (Å²) in [4.78, 5) is 43.4. The topological polar surface area (TPSA) is 140 Å². The van der Waals surface area contributed by atoms with E-state index >= 15 is 0 Å². The number of aryl methyl sites for hydroxylation is 1. The minimum absolute atomic E-state index is 0.0409. The number of amides is 3. The minimum atomic E-state index is -0.748. The number of carbonyl (C=O) groups excluding carboxylic acids is 4. The Balaban J connectivity index is -0.000000573. The van der Waals surface area contributed by atoms with Gasteiger partial charge >= 0.3 is 6.09 Å². The van der Waals surface area contributed by atoms with Crippen molar-refractivity contribution in [2.45, 2.75) is 112 Å². The fraction of sp³-hybridized carbons (Fsp3) is 0.655. The summed E-state index contributed by atoms with van der Waals surface area (Å²) >= 11 is 0. The van der Waals surface area contributed by atoms with Crippen molar-refractivity contribution in [1.82, 2.24) is 16.0 Å². The highest BCUT2D eigenvalue weighted by atomic mass is 16.6. The highest BCUT2D eigenvalue weighted by molar-refractivity contribution is 5.76. The van der Waals surface area contributed by atoms with Crippen LogP contribution in [-0.4, -0.2) is 49.9 Å². The van der Waals surface area contributed by atoms with E-state index < -0.39 is 23.6 Å². The van der Waals surface area contributed by atoms with E-state index in [2.05, 4.69) is 40.2 Å². The van der Waals surface area contributed by atoms with Crippen molar-refractivity contribution in [2.75, 3.05) is 14.1 Å². The first-order valence-corrected chi connectivity index (χ1v) is 13.7. The quantitative estimate of drug-likeness (QED) is 0.213. The van der Waals surface area contributed by atoms with E-state index in [4.69, 9.17) is 10.5 Å². The van der Waals surface area contributed by atoms with Gasteiger partial charge in [-0.15, -0.1) is 0 Å².